The van der Waals surface area contributed by atoms with Gasteiger partial charge in [-0.3, -0.25) is 0 Å². The molecule has 0 saturated carbocycles. The largest absolute Gasteiger partial charge is 0.497 e. The van der Waals surface area contributed by atoms with E-state index in [1.165, 1.54) is 24.8 Å². The van der Waals surface area contributed by atoms with Crippen molar-refractivity contribution < 1.29 is 14.6 Å². The Hall–Kier alpha value is -0.810. The highest BCUT2D eigenvalue weighted by Gasteiger charge is 2.19. The zero-order valence-electron chi connectivity index (χ0n) is 17.8. The van der Waals surface area contributed by atoms with E-state index in [1.54, 1.807) is 7.11 Å². The van der Waals surface area contributed by atoms with Crippen LogP contribution in [0.25, 0.3) is 0 Å². The van der Waals surface area contributed by atoms with Gasteiger partial charge in [-0.15, -0.1) is 12.4 Å². The van der Waals surface area contributed by atoms with E-state index in [0.29, 0.717) is 13.2 Å². The van der Waals surface area contributed by atoms with E-state index >= 15 is 0 Å². The van der Waals surface area contributed by atoms with Crippen molar-refractivity contribution in [2.24, 2.45) is 5.92 Å². The second kappa shape index (κ2) is 14.2. The number of aliphatic hydroxyl groups is 1. The van der Waals surface area contributed by atoms with Crippen LogP contribution in [0.3, 0.4) is 0 Å². The Kier molecular flexibility index (Phi) is 13.8. The van der Waals surface area contributed by atoms with Crippen molar-refractivity contribution in [3.8, 4) is 5.75 Å². The Morgan fingerprint density at radius 1 is 1.11 bits per heavy atom. The molecular formula is C22H40ClNO3. The Balaban J connectivity index is 0.00000676. The van der Waals surface area contributed by atoms with Gasteiger partial charge in [-0.1, -0.05) is 45.2 Å². The summed E-state index contributed by atoms with van der Waals surface area (Å²) in [5.41, 5.74) is 1.15. The molecule has 5 heteroatoms. The summed E-state index contributed by atoms with van der Waals surface area (Å²) in [6.07, 6.45) is 5.21. The molecule has 0 radical (unpaired) electrons. The molecule has 1 unspecified atom stereocenters. The molecule has 0 aliphatic rings. The fourth-order valence-corrected chi connectivity index (χ4v) is 3.20. The second-order valence-corrected chi connectivity index (χ2v) is 7.87. The van der Waals surface area contributed by atoms with Crippen molar-refractivity contribution >= 4 is 12.4 Å². The average molecular weight is 402 g/mol. The molecule has 1 rings (SSSR count). The summed E-state index contributed by atoms with van der Waals surface area (Å²) in [5, 5.41) is 13.6. The quantitative estimate of drug-likeness (QED) is 0.446. The molecule has 1 aromatic rings. The Morgan fingerprint density at radius 2 is 1.78 bits per heavy atom. The highest BCUT2D eigenvalue weighted by atomic mass is 35.5. The topological polar surface area (TPSA) is 50.7 Å². The van der Waals surface area contributed by atoms with Gasteiger partial charge >= 0.3 is 0 Å². The molecule has 0 spiro atoms. The predicted molar refractivity (Wildman–Crippen MR) is 116 cm³/mol. The van der Waals surface area contributed by atoms with Crippen molar-refractivity contribution in [3.05, 3.63) is 29.8 Å². The zero-order chi connectivity index (χ0) is 19.4. The van der Waals surface area contributed by atoms with Gasteiger partial charge in [0.05, 0.1) is 19.8 Å². The van der Waals surface area contributed by atoms with E-state index in [9.17, 15) is 5.11 Å². The SMILES string of the molecule is CCCC(CC)CCOC[C@@H](O)CNC(C)(C)Cc1ccc(OC)cc1.Cl. The molecule has 4 nitrogen and oxygen atoms in total. The Labute approximate surface area is 172 Å². The lowest BCUT2D eigenvalue weighted by molar-refractivity contribution is 0.0280. The van der Waals surface area contributed by atoms with Crippen LogP contribution in [0.2, 0.25) is 0 Å². The maximum absolute atomic E-state index is 10.2. The second-order valence-electron chi connectivity index (χ2n) is 7.87. The fourth-order valence-electron chi connectivity index (χ4n) is 3.20. The molecule has 27 heavy (non-hydrogen) atoms. The van der Waals surface area contributed by atoms with Crippen LogP contribution < -0.4 is 10.1 Å². The van der Waals surface area contributed by atoms with Crippen LogP contribution >= 0.6 is 12.4 Å². The number of β-amino-alcohol motifs (C(OH)–C–C–N with tert-alkyl or cyclic N) is 1. The van der Waals surface area contributed by atoms with Gasteiger partial charge in [0.15, 0.2) is 0 Å². The smallest absolute Gasteiger partial charge is 0.118 e. The van der Waals surface area contributed by atoms with Crippen molar-refractivity contribution in [1.29, 1.82) is 0 Å². The highest BCUT2D eigenvalue weighted by Crippen LogP contribution is 2.17. The Morgan fingerprint density at radius 3 is 2.33 bits per heavy atom. The summed E-state index contributed by atoms with van der Waals surface area (Å²) in [4.78, 5) is 0. The molecule has 2 N–H and O–H groups in total. The molecule has 2 atom stereocenters. The minimum atomic E-state index is -0.476. The van der Waals surface area contributed by atoms with Crippen LogP contribution in [0.5, 0.6) is 5.75 Å². The molecule has 0 saturated heterocycles. The first-order chi connectivity index (χ1) is 12.4. The third-order valence-corrected chi connectivity index (χ3v) is 4.88. The van der Waals surface area contributed by atoms with Crippen molar-refractivity contribution in [1.82, 2.24) is 5.32 Å². The van der Waals surface area contributed by atoms with Crippen molar-refractivity contribution in [2.45, 2.75) is 71.4 Å². The maximum atomic E-state index is 10.2. The van der Waals surface area contributed by atoms with E-state index in [2.05, 4.69) is 45.1 Å². The van der Waals surface area contributed by atoms with Crippen LogP contribution in [-0.4, -0.2) is 43.6 Å². The first kappa shape index (κ1) is 26.2. The number of aliphatic hydroxyl groups excluding tert-OH is 1. The standard InChI is InChI=1S/C22H39NO3.ClH/c1-6-8-18(7-2)13-14-26-17-20(24)16-23-22(3,4)15-19-9-11-21(25-5)12-10-19;/h9-12,18,20,23-24H,6-8,13-17H2,1-5H3;1H/t18?,20-;/m0./s1. The molecule has 0 fully saturated rings. The molecule has 0 aliphatic carbocycles. The monoisotopic (exact) mass is 401 g/mol. The van der Waals surface area contributed by atoms with Crippen molar-refractivity contribution in [3.63, 3.8) is 0 Å². The molecule has 1 aromatic carbocycles. The van der Waals surface area contributed by atoms with Gasteiger partial charge in [0.2, 0.25) is 0 Å². The van der Waals surface area contributed by atoms with E-state index in [1.807, 2.05) is 12.1 Å². The summed E-state index contributed by atoms with van der Waals surface area (Å²) >= 11 is 0. The van der Waals surface area contributed by atoms with Crippen LogP contribution in [0.1, 0.15) is 58.9 Å². The third kappa shape index (κ3) is 11.6. The van der Waals surface area contributed by atoms with Gasteiger partial charge in [-0.05, 0) is 50.3 Å². The summed E-state index contributed by atoms with van der Waals surface area (Å²) < 4.78 is 10.9. The van der Waals surface area contributed by atoms with Crippen LogP contribution in [0, 0.1) is 5.92 Å². The lowest BCUT2D eigenvalue weighted by Crippen LogP contribution is -2.46. The molecule has 158 valence electrons. The van der Waals surface area contributed by atoms with Gasteiger partial charge in [0.1, 0.15) is 5.75 Å². The minimum Gasteiger partial charge on any atom is -0.497 e. The van der Waals surface area contributed by atoms with E-state index < -0.39 is 6.10 Å². The van der Waals surface area contributed by atoms with Gasteiger partial charge in [0.25, 0.3) is 0 Å². The number of methoxy groups -OCH3 is 1. The summed E-state index contributed by atoms with van der Waals surface area (Å²) in [5.74, 6) is 1.62. The molecule has 0 aromatic heterocycles. The first-order valence-corrected chi connectivity index (χ1v) is 10.0. The van der Waals surface area contributed by atoms with Crippen LogP contribution in [-0.2, 0) is 11.2 Å². The van der Waals surface area contributed by atoms with Gasteiger partial charge in [-0.2, -0.15) is 0 Å². The molecule has 0 heterocycles. The van der Waals surface area contributed by atoms with Gasteiger partial charge in [-0.25, -0.2) is 0 Å². The number of hydrogen-bond acceptors (Lipinski definition) is 4. The lowest BCUT2D eigenvalue weighted by Gasteiger charge is -2.28. The molecule has 0 aliphatic heterocycles. The number of hydrogen-bond donors (Lipinski definition) is 2. The number of ether oxygens (including phenoxy) is 2. The van der Waals surface area contributed by atoms with Gasteiger partial charge < -0.3 is 19.9 Å². The minimum absolute atomic E-state index is 0. The highest BCUT2D eigenvalue weighted by molar-refractivity contribution is 5.85. The molecule has 0 bridgehead atoms. The van der Waals surface area contributed by atoms with E-state index in [0.717, 1.165) is 31.1 Å². The molecular weight excluding hydrogens is 362 g/mol. The number of benzene rings is 1. The van der Waals surface area contributed by atoms with Crippen molar-refractivity contribution in [2.75, 3.05) is 26.9 Å². The Bertz CT molecular complexity index is 479. The average Bonchev–Trinajstić information content (AvgIpc) is 2.63. The summed E-state index contributed by atoms with van der Waals surface area (Å²) in [6, 6.07) is 8.14. The third-order valence-electron chi connectivity index (χ3n) is 4.88. The fraction of sp³-hybridized carbons (Fsp3) is 0.727. The molecule has 0 amide bonds. The first-order valence-electron chi connectivity index (χ1n) is 10.0. The summed E-state index contributed by atoms with van der Waals surface area (Å²) in [6.45, 7) is 10.5. The predicted octanol–water partition coefficient (Wildman–Crippen LogP) is 4.62. The van der Waals surface area contributed by atoms with Crippen LogP contribution in [0.15, 0.2) is 24.3 Å². The lowest BCUT2D eigenvalue weighted by atomic mass is 9.94. The van der Waals surface area contributed by atoms with Gasteiger partial charge in [0, 0.05) is 18.7 Å². The van der Waals surface area contributed by atoms with E-state index in [4.69, 9.17) is 9.47 Å². The van der Waals surface area contributed by atoms with Crippen LogP contribution in [0.4, 0.5) is 0 Å². The number of rotatable bonds is 14. The van der Waals surface area contributed by atoms with E-state index in [-0.39, 0.29) is 17.9 Å². The number of nitrogens with one attached hydrogen (secondary N) is 1. The number of halogens is 1. The zero-order valence-corrected chi connectivity index (χ0v) is 18.6. The maximum Gasteiger partial charge on any atom is 0.118 e. The summed E-state index contributed by atoms with van der Waals surface area (Å²) in [7, 11) is 1.68. The normalized spacial score (nSPS) is 13.7.